The summed E-state index contributed by atoms with van der Waals surface area (Å²) in [4.78, 5) is 21.6. The molecule has 1 unspecified atom stereocenters. The first-order valence-electron chi connectivity index (χ1n) is 15.4. The van der Waals surface area contributed by atoms with E-state index < -0.39 is 6.10 Å². The Morgan fingerprint density at radius 3 is 2.21 bits per heavy atom. The zero-order chi connectivity index (χ0) is 30.3. The Labute approximate surface area is 252 Å². The summed E-state index contributed by atoms with van der Waals surface area (Å²) in [6.45, 7) is 15.6. The quantitative estimate of drug-likeness (QED) is 0.170. The molecule has 1 heterocycles. The third-order valence-electron chi connectivity index (χ3n) is 8.71. The number of hydrogen-bond acceptors (Lipinski definition) is 3. The van der Waals surface area contributed by atoms with E-state index in [-0.39, 0.29) is 16.7 Å². The summed E-state index contributed by atoms with van der Waals surface area (Å²) in [6, 6.07) is 24.4. The number of carbonyl (C=O) groups excluding carboxylic acids is 1. The van der Waals surface area contributed by atoms with E-state index >= 15 is 0 Å². The maximum atomic E-state index is 13.6. The van der Waals surface area contributed by atoms with Crippen molar-refractivity contribution < 1.29 is 9.53 Å². The van der Waals surface area contributed by atoms with Crippen molar-refractivity contribution in [3.8, 4) is 28.4 Å². The first-order valence-corrected chi connectivity index (χ1v) is 15.4. The number of aromatic amines is 1. The predicted octanol–water partition coefficient (Wildman–Crippen LogP) is 9.70. The lowest BCUT2D eigenvalue weighted by Crippen LogP contribution is -2.34. The summed E-state index contributed by atoms with van der Waals surface area (Å²) >= 11 is 0. The molecule has 222 valence electrons. The van der Waals surface area contributed by atoms with Crippen LogP contribution in [0.3, 0.4) is 0 Å². The van der Waals surface area contributed by atoms with Gasteiger partial charge in [-0.05, 0) is 60.3 Å². The zero-order valence-electron chi connectivity index (χ0n) is 26.4. The van der Waals surface area contributed by atoms with Crippen molar-refractivity contribution in [3.05, 3.63) is 90.1 Å². The molecule has 0 saturated heterocycles. The van der Waals surface area contributed by atoms with Gasteiger partial charge in [-0.15, -0.1) is 0 Å². The first kappa shape index (κ1) is 31.1. The molecule has 3 aromatic carbocycles. The van der Waals surface area contributed by atoms with Crippen LogP contribution in [0.5, 0.6) is 5.75 Å². The SMILES string of the molecule is CCCCC(Oc1ccc(C(C)(C)CC)cc1C(C)(C)CC)C(=O)Nc1ccc(-c2c[nH]c(-c3ccccc3)n2)cc1. The van der Waals surface area contributed by atoms with E-state index in [2.05, 4.69) is 77.0 Å². The van der Waals surface area contributed by atoms with E-state index in [1.54, 1.807) is 0 Å². The molecule has 2 N–H and O–H groups in total. The molecule has 0 aliphatic carbocycles. The van der Waals surface area contributed by atoms with Crippen LogP contribution in [0.25, 0.3) is 22.6 Å². The lowest BCUT2D eigenvalue weighted by molar-refractivity contribution is -0.123. The molecule has 5 nitrogen and oxygen atoms in total. The highest BCUT2D eigenvalue weighted by molar-refractivity contribution is 5.94. The zero-order valence-corrected chi connectivity index (χ0v) is 26.4. The Morgan fingerprint density at radius 2 is 1.57 bits per heavy atom. The second-order valence-corrected chi connectivity index (χ2v) is 12.5. The summed E-state index contributed by atoms with van der Waals surface area (Å²) in [5.74, 6) is 1.51. The Bertz CT molecular complexity index is 1450. The van der Waals surface area contributed by atoms with Gasteiger partial charge in [0.2, 0.25) is 0 Å². The smallest absolute Gasteiger partial charge is 0.265 e. The number of H-pyrrole nitrogens is 1. The number of aromatic nitrogens is 2. The molecule has 5 heteroatoms. The molecule has 4 aromatic rings. The van der Waals surface area contributed by atoms with Crippen LogP contribution in [-0.2, 0) is 15.6 Å². The maximum Gasteiger partial charge on any atom is 0.265 e. The maximum absolute atomic E-state index is 13.6. The van der Waals surface area contributed by atoms with Gasteiger partial charge in [0, 0.05) is 28.6 Å². The van der Waals surface area contributed by atoms with Crippen LogP contribution in [0.4, 0.5) is 5.69 Å². The summed E-state index contributed by atoms with van der Waals surface area (Å²) in [5, 5.41) is 3.11. The monoisotopic (exact) mass is 565 g/mol. The van der Waals surface area contributed by atoms with Gasteiger partial charge in [0.1, 0.15) is 11.6 Å². The third kappa shape index (κ3) is 7.31. The molecule has 0 fully saturated rings. The fourth-order valence-corrected chi connectivity index (χ4v) is 4.92. The van der Waals surface area contributed by atoms with Gasteiger partial charge in [-0.2, -0.15) is 0 Å². The fourth-order valence-electron chi connectivity index (χ4n) is 4.92. The van der Waals surface area contributed by atoms with Crippen molar-refractivity contribution in [1.82, 2.24) is 9.97 Å². The number of rotatable bonds is 13. The van der Waals surface area contributed by atoms with Gasteiger partial charge >= 0.3 is 0 Å². The Kier molecular flexibility index (Phi) is 9.93. The van der Waals surface area contributed by atoms with Crippen molar-refractivity contribution in [2.24, 2.45) is 0 Å². The number of hydrogen-bond donors (Lipinski definition) is 2. The summed E-state index contributed by atoms with van der Waals surface area (Å²) in [7, 11) is 0. The highest BCUT2D eigenvalue weighted by atomic mass is 16.5. The van der Waals surface area contributed by atoms with E-state index in [0.717, 1.165) is 65.3 Å². The molecule has 42 heavy (non-hydrogen) atoms. The first-order chi connectivity index (χ1) is 20.1. The largest absolute Gasteiger partial charge is 0.480 e. The standard InChI is InChI=1S/C37H47N3O2/c1-8-11-17-33(42-32-23-20-28(36(4,5)9-2)24-30(32)37(6,7)10-3)35(41)39-29-21-18-26(19-22-29)31-25-38-34(40-31)27-15-13-12-14-16-27/h12-16,18-25,33H,8-11,17H2,1-7H3,(H,38,40)(H,39,41). The number of ether oxygens (including phenoxy) is 1. The third-order valence-corrected chi connectivity index (χ3v) is 8.71. The Balaban J connectivity index is 1.53. The fraction of sp³-hybridized carbons (Fsp3) is 0.405. The highest BCUT2D eigenvalue weighted by Gasteiger charge is 2.29. The van der Waals surface area contributed by atoms with Crippen LogP contribution in [0.2, 0.25) is 0 Å². The molecular weight excluding hydrogens is 518 g/mol. The number of anilines is 1. The number of amides is 1. The van der Waals surface area contributed by atoms with Crippen molar-refractivity contribution in [1.29, 1.82) is 0 Å². The van der Waals surface area contributed by atoms with Crippen molar-refractivity contribution >= 4 is 11.6 Å². The van der Waals surface area contributed by atoms with E-state index in [0.29, 0.717) is 6.42 Å². The number of nitrogens with one attached hydrogen (secondary N) is 2. The lowest BCUT2D eigenvalue weighted by atomic mass is 9.76. The lowest BCUT2D eigenvalue weighted by Gasteiger charge is -2.31. The molecule has 0 radical (unpaired) electrons. The number of benzene rings is 3. The predicted molar refractivity (Wildman–Crippen MR) is 175 cm³/mol. The van der Waals surface area contributed by atoms with Crippen LogP contribution >= 0.6 is 0 Å². The topological polar surface area (TPSA) is 67.0 Å². The van der Waals surface area contributed by atoms with Crippen molar-refractivity contribution in [3.63, 3.8) is 0 Å². The Morgan fingerprint density at radius 1 is 0.881 bits per heavy atom. The normalized spacial score (nSPS) is 12.6. The van der Waals surface area contributed by atoms with Crippen LogP contribution in [-0.4, -0.2) is 22.0 Å². The summed E-state index contributed by atoms with van der Waals surface area (Å²) in [5.41, 5.74) is 6.07. The van der Waals surface area contributed by atoms with Crippen molar-refractivity contribution in [2.75, 3.05) is 5.32 Å². The van der Waals surface area contributed by atoms with Crippen LogP contribution in [0.1, 0.15) is 91.7 Å². The minimum atomic E-state index is -0.583. The van der Waals surface area contributed by atoms with Gasteiger partial charge in [0.05, 0.1) is 5.69 Å². The molecule has 0 aliphatic heterocycles. The van der Waals surface area contributed by atoms with Gasteiger partial charge in [0.15, 0.2) is 6.10 Å². The van der Waals surface area contributed by atoms with Gasteiger partial charge in [-0.25, -0.2) is 4.98 Å². The average Bonchev–Trinajstić information content (AvgIpc) is 3.50. The second kappa shape index (κ2) is 13.4. The minimum absolute atomic E-state index is 0.0707. The second-order valence-electron chi connectivity index (χ2n) is 12.5. The molecule has 0 saturated carbocycles. The molecule has 1 aromatic heterocycles. The summed E-state index contributed by atoms with van der Waals surface area (Å²) in [6.07, 6.45) is 5.91. The molecule has 1 amide bonds. The molecular formula is C37H47N3O2. The van der Waals surface area contributed by atoms with E-state index in [1.807, 2.05) is 60.8 Å². The van der Waals surface area contributed by atoms with Crippen LogP contribution in [0, 0.1) is 0 Å². The number of unbranched alkanes of at least 4 members (excludes halogenated alkanes) is 1. The van der Waals surface area contributed by atoms with Gasteiger partial charge in [-0.3, -0.25) is 4.79 Å². The highest BCUT2D eigenvalue weighted by Crippen LogP contribution is 2.39. The van der Waals surface area contributed by atoms with Crippen molar-refractivity contribution in [2.45, 2.75) is 97.5 Å². The summed E-state index contributed by atoms with van der Waals surface area (Å²) < 4.78 is 6.58. The van der Waals surface area contributed by atoms with Gasteiger partial charge < -0.3 is 15.0 Å². The average molecular weight is 566 g/mol. The minimum Gasteiger partial charge on any atom is -0.480 e. The van der Waals surface area contributed by atoms with E-state index in [4.69, 9.17) is 9.72 Å². The molecule has 4 rings (SSSR count). The molecule has 1 atom stereocenters. The number of imidazole rings is 1. The molecule has 0 spiro atoms. The van der Waals surface area contributed by atoms with E-state index in [9.17, 15) is 4.79 Å². The van der Waals surface area contributed by atoms with Crippen LogP contribution in [0.15, 0.2) is 79.0 Å². The van der Waals surface area contributed by atoms with E-state index in [1.165, 1.54) is 5.56 Å². The Hall–Kier alpha value is -3.86. The molecule has 0 aliphatic rings. The number of nitrogens with zero attached hydrogens (tertiary/aromatic N) is 1. The molecule has 0 bridgehead atoms. The van der Waals surface area contributed by atoms with Gasteiger partial charge in [-0.1, -0.05) is 109 Å². The van der Waals surface area contributed by atoms with Crippen LogP contribution < -0.4 is 10.1 Å². The van der Waals surface area contributed by atoms with Gasteiger partial charge in [0.25, 0.3) is 5.91 Å². The number of carbonyl (C=O) groups is 1.